The van der Waals surface area contributed by atoms with Crippen molar-refractivity contribution in [3.05, 3.63) is 29.8 Å². The van der Waals surface area contributed by atoms with Gasteiger partial charge in [0.1, 0.15) is 0 Å². The fourth-order valence-electron chi connectivity index (χ4n) is 2.17. The first-order valence-corrected chi connectivity index (χ1v) is 6.41. The van der Waals surface area contributed by atoms with Crippen molar-refractivity contribution in [2.24, 2.45) is 0 Å². The van der Waals surface area contributed by atoms with Crippen molar-refractivity contribution >= 4 is 11.7 Å². The first kappa shape index (κ1) is 12.9. The number of carbonyl (C=O) groups excluding carboxylic acids is 1. The number of aryl methyl sites for hydroxylation is 1. The van der Waals surface area contributed by atoms with Gasteiger partial charge in [0.2, 0.25) is 0 Å². The normalized spacial score (nSPS) is 20.4. The van der Waals surface area contributed by atoms with E-state index in [9.17, 15) is 4.79 Å². The van der Waals surface area contributed by atoms with Crippen LogP contribution in [0.25, 0.3) is 0 Å². The maximum absolute atomic E-state index is 11.9. The maximum Gasteiger partial charge on any atom is 0.319 e. The zero-order valence-electron chi connectivity index (χ0n) is 10.9. The topological polar surface area (TPSA) is 50.4 Å². The Hall–Kier alpha value is -1.55. The van der Waals surface area contributed by atoms with E-state index >= 15 is 0 Å². The second-order valence-electron chi connectivity index (χ2n) is 4.75. The lowest BCUT2D eigenvalue weighted by molar-refractivity contribution is 0.0868. The molecule has 1 fully saturated rings. The van der Waals surface area contributed by atoms with E-state index in [0.717, 1.165) is 30.7 Å². The van der Waals surface area contributed by atoms with Gasteiger partial charge in [-0.3, -0.25) is 0 Å². The first-order chi connectivity index (χ1) is 8.66. The lowest BCUT2D eigenvalue weighted by Gasteiger charge is -2.20. The Morgan fingerprint density at radius 2 is 2.22 bits per heavy atom. The van der Waals surface area contributed by atoms with Crippen LogP contribution >= 0.6 is 0 Å². The van der Waals surface area contributed by atoms with E-state index in [1.807, 2.05) is 38.1 Å². The molecule has 0 saturated carbocycles. The summed E-state index contributed by atoms with van der Waals surface area (Å²) in [5, 5.41) is 5.78. The van der Waals surface area contributed by atoms with Gasteiger partial charge < -0.3 is 15.4 Å². The van der Waals surface area contributed by atoms with Crippen molar-refractivity contribution in [3.8, 4) is 0 Å². The number of amides is 2. The van der Waals surface area contributed by atoms with Crippen LogP contribution in [-0.4, -0.2) is 24.8 Å². The predicted octanol–water partition coefficient (Wildman–Crippen LogP) is 2.68. The molecule has 0 spiro atoms. The Bertz CT molecular complexity index is 414. The van der Waals surface area contributed by atoms with Crippen LogP contribution in [0.15, 0.2) is 24.3 Å². The van der Waals surface area contributed by atoms with Crippen molar-refractivity contribution in [1.29, 1.82) is 0 Å². The van der Waals surface area contributed by atoms with Gasteiger partial charge in [0, 0.05) is 12.3 Å². The monoisotopic (exact) mass is 248 g/mol. The number of anilines is 1. The molecule has 1 aliphatic heterocycles. The molecule has 2 amide bonds. The van der Waals surface area contributed by atoms with Gasteiger partial charge >= 0.3 is 6.03 Å². The fourth-order valence-corrected chi connectivity index (χ4v) is 2.17. The van der Waals surface area contributed by atoms with Crippen LogP contribution in [0.4, 0.5) is 10.5 Å². The molecule has 18 heavy (non-hydrogen) atoms. The third-order valence-corrected chi connectivity index (χ3v) is 3.27. The summed E-state index contributed by atoms with van der Waals surface area (Å²) in [4.78, 5) is 11.9. The van der Waals surface area contributed by atoms with Crippen LogP contribution in [0.1, 0.15) is 25.3 Å². The average Bonchev–Trinajstić information content (AvgIpc) is 2.85. The van der Waals surface area contributed by atoms with E-state index in [-0.39, 0.29) is 18.2 Å². The largest absolute Gasteiger partial charge is 0.376 e. The molecule has 0 radical (unpaired) electrons. The van der Waals surface area contributed by atoms with Gasteiger partial charge in [0.25, 0.3) is 0 Å². The van der Waals surface area contributed by atoms with Gasteiger partial charge in [-0.05, 0) is 38.3 Å². The highest BCUT2D eigenvalue weighted by atomic mass is 16.5. The SMILES string of the molecule is Cc1ccccc1NC(=O)N[C@H](C)[C@H]1CCCO1. The quantitative estimate of drug-likeness (QED) is 0.864. The molecule has 2 atom stereocenters. The van der Waals surface area contributed by atoms with Crippen LogP contribution in [-0.2, 0) is 4.74 Å². The lowest BCUT2D eigenvalue weighted by atomic mass is 10.1. The molecule has 1 aliphatic rings. The summed E-state index contributed by atoms with van der Waals surface area (Å²) in [7, 11) is 0. The molecule has 1 saturated heterocycles. The number of hydrogen-bond acceptors (Lipinski definition) is 2. The van der Waals surface area contributed by atoms with Gasteiger partial charge in [-0.2, -0.15) is 0 Å². The molecule has 0 unspecified atom stereocenters. The molecule has 4 nitrogen and oxygen atoms in total. The van der Waals surface area contributed by atoms with Crippen molar-refractivity contribution in [1.82, 2.24) is 5.32 Å². The number of hydrogen-bond donors (Lipinski definition) is 2. The summed E-state index contributed by atoms with van der Waals surface area (Å²) in [6.07, 6.45) is 2.25. The van der Waals surface area contributed by atoms with E-state index in [1.54, 1.807) is 0 Å². The smallest absolute Gasteiger partial charge is 0.319 e. The summed E-state index contributed by atoms with van der Waals surface area (Å²) >= 11 is 0. The Morgan fingerprint density at radius 3 is 2.89 bits per heavy atom. The maximum atomic E-state index is 11.9. The third kappa shape index (κ3) is 3.23. The molecule has 0 bridgehead atoms. The van der Waals surface area contributed by atoms with Crippen molar-refractivity contribution in [3.63, 3.8) is 0 Å². The average molecular weight is 248 g/mol. The van der Waals surface area contributed by atoms with Crippen LogP contribution in [0.5, 0.6) is 0 Å². The molecule has 2 N–H and O–H groups in total. The summed E-state index contributed by atoms with van der Waals surface area (Å²) < 4.78 is 5.55. The highest BCUT2D eigenvalue weighted by Gasteiger charge is 2.23. The first-order valence-electron chi connectivity index (χ1n) is 6.41. The van der Waals surface area contributed by atoms with Crippen LogP contribution in [0, 0.1) is 6.92 Å². The minimum atomic E-state index is -0.174. The Balaban J connectivity index is 1.86. The van der Waals surface area contributed by atoms with Gasteiger partial charge in [-0.1, -0.05) is 18.2 Å². The van der Waals surface area contributed by atoms with Crippen molar-refractivity contribution in [2.45, 2.75) is 38.8 Å². The summed E-state index contributed by atoms with van der Waals surface area (Å²) in [5.41, 5.74) is 1.90. The highest BCUT2D eigenvalue weighted by Crippen LogP contribution is 2.16. The van der Waals surface area contributed by atoms with Gasteiger partial charge in [-0.25, -0.2) is 4.79 Å². The van der Waals surface area contributed by atoms with Crippen LogP contribution in [0.2, 0.25) is 0 Å². The predicted molar refractivity (Wildman–Crippen MR) is 71.8 cm³/mol. The Morgan fingerprint density at radius 1 is 1.44 bits per heavy atom. The van der Waals surface area contributed by atoms with Gasteiger partial charge in [-0.15, -0.1) is 0 Å². The van der Waals surface area contributed by atoms with Gasteiger partial charge in [0.15, 0.2) is 0 Å². The molecule has 1 aromatic carbocycles. The summed E-state index contributed by atoms with van der Waals surface area (Å²) in [6.45, 7) is 4.75. The van der Waals surface area contributed by atoms with Crippen molar-refractivity contribution < 1.29 is 9.53 Å². The lowest BCUT2D eigenvalue weighted by Crippen LogP contribution is -2.43. The molecule has 4 heteroatoms. The Labute approximate surface area is 108 Å². The molecule has 1 heterocycles. The van der Waals surface area contributed by atoms with Gasteiger partial charge in [0.05, 0.1) is 12.1 Å². The Kier molecular flexibility index (Phi) is 4.20. The highest BCUT2D eigenvalue weighted by molar-refractivity contribution is 5.90. The van der Waals surface area contributed by atoms with Crippen molar-refractivity contribution in [2.75, 3.05) is 11.9 Å². The minimum Gasteiger partial charge on any atom is -0.376 e. The van der Waals surface area contributed by atoms with E-state index in [1.165, 1.54) is 0 Å². The number of urea groups is 1. The number of para-hydroxylation sites is 1. The zero-order valence-corrected chi connectivity index (χ0v) is 10.9. The second-order valence-corrected chi connectivity index (χ2v) is 4.75. The number of rotatable bonds is 3. The summed E-state index contributed by atoms with van der Waals surface area (Å²) in [5.74, 6) is 0. The fraction of sp³-hybridized carbons (Fsp3) is 0.500. The minimum absolute atomic E-state index is 0.0384. The molecule has 1 aromatic rings. The molecule has 0 aliphatic carbocycles. The van der Waals surface area contributed by atoms with E-state index in [0.29, 0.717) is 0 Å². The number of nitrogens with one attached hydrogen (secondary N) is 2. The van der Waals surface area contributed by atoms with Crippen LogP contribution < -0.4 is 10.6 Å². The van der Waals surface area contributed by atoms with E-state index < -0.39 is 0 Å². The number of ether oxygens (including phenoxy) is 1. The van der Waals surface area contributed by atoms with Crippen LogP contribution in [0.3, 0.4) is 0 Å². The van der Waals surface area contributed by atoms with E-state index in [4.69, 9.17) is 4.74 Å². The zero-order chi connectivity index (χ0) is 13.0. The molecular weight excluding hydrogens is 228 g/mol. The van der Waals surface area contributed by atoms with E-state index in [2.05, 4.69) is 10.6 Å². The summed E-state index contributed by atoms with van der Waals surface area (Å²) in [6, 6.07) is 7.59. The molecule has 0 aromatic heterocycles. The number of benzene rings is 1. The number of carbonyl (C=O) groups is 1. The second kappa shape index (κ2) is 5.87. The molecular formula is C14H20N2O2. The molecule has 98 valence electrons. The third-order valence-electron chi connectivity index (χ3n) is 3.27. The molecule has 2 rings (SSSR count). The standard InChI is InChI=1S/C14H20N2O2/c1-10-6-3-4-7-12(10)16-14(17)15-11(2)13-8-5-9-18-13/h3-4,6-7,11,13H,5,8-9H2,1-2H3,(H2,15,16,17)/t11-,13-/m1/s1.